The fraction of sp³-hybridized carbons (Fsp3) is 0.259. The molecule has 1 fully saturated rings. The van der Waals surface area contributed by atoms with Crippen LogP contribution in [0.1, 0.15) is 49.7 Å². The lowest BCUT2D eigenvalue weighted by Crippen LogP contribution is -2.42. The van der Waals surface area contributed by atoms with Crippen molar-refractivity contribution >= 4 is 45.9 Å². The maximum atomic E-state index is 10.7. The molecule has 0 radical (unpaired) electrons. The van der Waals surface area contributed by atoms with Gasteiger partial charge in [0.1, 0.15) is 5.75 Å². The van der Waals surface area contributed by atoms with Gasteiger partial charge in [0.05, 0.1) is 29.0 Å². The summed E-state index contributed by atoms with van der Waals surface area (Å²) in [4.78, 5) is 8.81. The molecule has 0 spiro atoms. The summed E-state index contributed by atoms with van der Waals surface area (Å²) in [5.41, 5.74) is 5.72. The van der Waals surface area contributed by atoms with Crippen molar-refractivity contribution in [1.29, 1.82) is 0 Å². The molecule has 0 aliphatic carbocycles. The van der Waals surface area contributed by atoms with Crippen LogP contribution < -0.4 is 15.1 Å². The third kappa shape index (κ3) is 3.62. The second kappa shape index (κ2) is 8.29. The van der Waals surface area contributed by atoms with Crippen LogP contribution in [0, 0.1) is 0 Å². The number of hydrogen-bond acceptors (Lipinski definition) is 4. The highest BCUT2D eigenvalue weighted by molar-refractivity contribution is 7.80. The summed E-state index contributed by atoms with van der Waals surface area (Å²) in [6, 6.07) is 16.7. The topological polar surface area (TPSA) is 51.6 Å². The molecule has 2 atom stereocenters. The number of anilines is 2. The first kappa shape index (κ1) is 22.7. The van der Waals surface area contributed by atoms with Gasteiger partial charge in [0.15, 0.2) is 5.11 Å². The van der Waals surface area contributed by atoms with Crippen LogP contribution in [0.2, 0.25) is 5.02 Å². The van der Waals surface area contributed by atoms with Crippen LogP contribution in [0.3, 0.4) is 0 Å². The van der Waals surface area contributed by atoms with Crippen LogP contribution >= 0.6 is 23.8 Å². The molecule has 34 heavy (non-hydrogen) atoms. The average molecular weight is 491 g/mol. The highest BCUT2D eigenvalue weighted by Crippen LogP contribution is 2.49. The fourth-order valence-electron chi connectivity index (χ4n) is 5.01. The molecular weight excluding hydrogens is 464 g/mol. The lowest BCUT2D eigenvalue weighted by molar-refractivity contribution is 0.473. The summed E-state index contributed by atoms with van der Waals surface area (Å²) < 4.78 is 0. The molecule has 0 bridgehead atoms. The van der Waals surface area contributed by atoms with Gasteiger partial charge in [-0.1, -0.05) is 35.9 Å². The van der Waals surface area contributed by atoms with Crippen LogP contribution in [-0.4, -0.2) is 27.8 Å². The standard InChI is InChI=1S/C27H27ClN4OS/c1-16-15-27(2,3)31(4)22-14-19(28)18(13-17(16)22)25-24(20-9-7-8-12-29-20)30-26(34)32(25)21-10-5-6-11-23(21)33/h5-15,24-25,33H,1-4H3,(H,30,34)/t24-,25+/m0/s1. The molecule has 5 rings (SSSR count). The van der Waals surface area contributed by atoms with Crippen LogP contribution in [0.5, 0.6) is 5.75 Å². The van der Waals surface area contributed by atoms with Crippen molar-refractivity contribution in [2.75, 3.05) is 16.8 Å². The Morgan fingerprint density at radius 2 is 1.82 bits per heavy atom. The van der Waals surface area contributed by atoms with Crippen molar-refractivity contribution < 1.29 is 5.11 Å². The van der Waals surface area contributed by atoms with E-state index in [0.717, 1.165) is 22.5 Å². The number of phenols is 1. The quantitative estimate of drug-likeness (QED) is 0.423. The van der Waals surface area contributed by atoms with E-state index in [2.05, 4.69) is 55.2 Å². The summed E-state index contributed by atoms with van der Waals surface area (Å²) in [7, 11) is 2.09. The number of thiocarbonyl (C=S) groups is 1. The minimum absolute atomic E-state index is 0.114. The number of halogens is 1. The number of allylic oxidation sites excluding steroid dienone is 1. The number of para-hydroxylation sites is 2. The number of fused-ring (bicyclic) bond motifs is 1. The highest BCUT2D eigenvalue weighted by atomic mass is 35.5. The summed E-state index contributed by atoms with van der Waals surface area (Å²) >= 11 is 12.8. The number of nitrogens with one attached hydrogen (secondary N) is 1. The van der Waals surface area contributed by atoms with Gasteiger partial charge in [-0.2, -0.15) is 0 Å². The molecule has 0 amide bonds. The minimum atomic E-state index is -0.304. The van der Waals surface area contributed by atoms with E-state index in [1.165, 1.54) is 5.57 Å². The maximum absolute atomic E-state index is 10.7. The molecular formula is C27H27ClN4OS. The summed E-state index contributed by atoms with van der Waals surface area (Å²) in [5, 5.41) is 15.3. The first-order valence-corrected chi connectivity index (χ1v) is 12.0. The Morgan fingerprint density at radius 1 is 1.09 bits per heavy atom. The third-order valence-electron chi connectivity index (χ3n) is 6.89. The molecule has 1 aromatic heterocycles. The van der Waals surface area contributed by atoms with E-state index in [1.54, 1.807) is 18.3 Å². The molecule has 2 N–H and O–H groups in total. The SMILES string of the molecule is CC1=CC(C)(C)N(C)c2cc(Cl)c([C@@H]3[C@H](c4ccccn4)NC(=S)N3c3ccccc3O)cc21. The van der Waals surface area contributed by atoms with E-state index in [1.807, 2.05) is 41.3 Å². The number of nitrogens with zero attached hydrogens (tertiary/aromatic N) is 3. The zero-order valence-corrected chi connectivity index (χ0v) is 21.2. The molecule has 0 saturated carbocycles. The third-order valence-corrected chi connectivity index (χ3v) is 7.54. The minimum Gasteiger partial charge on any atom is -0.506 e. The van der Waals surface area contributed by atoms with Crippen LogP contribution in [0.15, 0.2) is 66.9 Å². The number of phenolic OH excluding ortho intramolecular Hbond substituents is 1. The Kier molecular flexibility index (Phi) is 5.53. The zero-order chi connectivity index (χ0) is 24.2. The Morgan fingerprint density at radius 3 is 2.53 bits per heavy atom. The Hall–Kier alpha value is -3.09. The predicted molar refractivity (Wildman–Crippen MR) is 144 cm³/mol. The number of likely N-dealkylation sites (N-methyl/N-ethyl adjacent to an activating group) is 1. The van der Waals surface area contributed by atoms with Crippen molar-refractivity contribution in [3.63, 3.8) is 0 Å². The Balaban J connectivity index is 1.72. The predicted octanol–water partition coefficient (Wildman–Crippen LogP) is 6.25. The van der Waals surface area contributed by atoms with Gasteiger partial charge in [-0.05, 0) is 80.5 Å². The number of pyridine rings is 1. The first-order chi connectivity index (χ1) is 16.2. The van der Waals surface area contributed by atoms with Crippen molar-refractivity contribution in [3.05, 3.63) is 88.7 Å². The lowest BCUT2D eigenvalue weighted by Gasteiger charge is -2.41. The normalized spacial score (nSPS) is 21.2. The summed E-state index contributed by atoms with van der Waals surface area (Å²) in [5.74, 6) is 0.157. The van der Waals surface area contributed by atoms with E-state index in [4.69, 9.17) is 23.8 Å². The molecule has 7 heteroatoms. The van der Waals surface area contributed by atoms with Gasteiger partial charge in [0.25, 0.3) is 0 Å². The van der Waals surface area contributed by atoms with E-state index in [0.29, 0.717) is 15.8 Å². The second-order valence-corrected chi connectivity index (χ2v) is 10.2. The molecule has 3 aromatic rings. The summed E-state index contributed by atoms with van der Waals surface area (Å²) in [6.45, 7) is 6.52. The zero-order valence-electron chi connectivity index (χ0n) is 19.6. The fourth-order valence-corrected chi connectivity index (χ4v) is 5.62. The monoisotopic (exact) mass is 490 g/mol. The van der Waals surface area contributed by atoms with E-state index >= 15 is 0 Å². The lowest BCUT2D eigenvalue weighted by atomic mass is 9.86. The van der Waals surface area contributed by atoms with Gasteiger partial charge in [-0.3, -0.25) is 4.98 Å². The largest absolute Gasteiger partial charge is 0.506 e. The van der Waals surface area contributed by atoms with Gasteiger partial charge in [0.2, 0.25) is 0 Å². The molecule has 174 valence electrons. The van der Waals surface area contributed by atoms with Crippen molar-refractivity contribution in [3.8, 4) is 5.75 Å². The number of hydrogen-bond donors (Lipinski definition) is 2. The van der Waals surface area contributed by atoms with Crippen LogP contribution in [-0.2, 0) is 0 Å². The van der Waals surface area contributed by atoms with Crippen LogP contribution in [0.25, 0.3) is 5.57 Å². The van der Waals surface area contributed by atoms with E-state index in [9.17, 15) is 5.11 Å². The Bertz CT molecular complexity index is 1310. The van der Waals surface area contributed by atoms with E-state index < -0.39 is 0 Å². The Labute approximate surface area is 210 Å². The average Bonchev–Trinajstić information content (AvgIpc) is 3.14. The number of rotatable bonds is 3. The molecule has 2 aliphatic heterocycles. The van der Waals surface area contributed by atoms with Crippen LogP contribution in [0.4, 0.5) is 11.4 Å². The molecule has 2 aromatic carbocycles. The number of aromatic hydroxyl groups is 1. The molecule has 3 heterocycles. The first-order valence-electron chi connectivity index (χ1n) is 11.2. The van der Waals surface area contributed by atoms with Gasteiger partial charge in [-0.25, -0.2) is 0 Å². The molecule has 5 nitrogen and oxygen atoms in total. The number of benzene rings is 2. The summed E-state index contributed by atoms with van der Waals surface area (Å²) in [6.07, 6.45) is 4.06. The number of aromatic nitrogens is 1. The highest BCUT2D eigenvalue weighted by Gasteiger charge is 2.43. The van der Waals surface area contributed by atoms with Crippen molar-refractivity contribution in [2.45, 2.75) is 38.4 Å². The molecule has 0 unspecified atom stereocenters. The smallest absolute Gasteiger partial charge is 0.174 e. The van der Waals surface area contributed by atoms with Crippen molar-refractivity contribution in [1.82, 2.24) is 10.3 Å². The van der Waals surface area contributed by atoms with Crippen molar-refractivity contribution in [2.24, 2.45) is 0 Å². The maximum Gasteiger partial charge on any atom is 0.174 e. The van der Waals surface area contributed by atoms with Gasteiger partial charge < -0.3 is 20.2 Å². The van der Waals surface area contributed by atoms with E-state index in [-0.39, 0.29) is 23.4 Å². The van der Waals surface area contributed by atoms with Gasteiger partial charge in [0, 0.05) is 29.5 Å². The van der Waals surface area contributed by atoms with Gasteiger partial charge >= 0.3 is 0 Å². The molecule has 1 saturated heterocycles. The molecule has 2 aliphatic rings. The second-order valence-electron chi connectivity index (χ2n) is 9.42. The van der Waals surface area contributed by atoms with Gasteiger partial charge in [-0.15, -0.1) is 0 Å².